The summed E-state index contributed by atoms with van der Waals surface area (Å²) in [5, 5.41) is 14.2. The third-order valence-electron chi connectivity index (χ3n) is 2.13. The van der Waals surface area contributed by atoms with Crippen molar-refractivity contribution >= 4 is 28.9 Å². The van der Waals surface area contributed by atoms with Gasteiger partial charge in [0.05, 0.1) is 4.92 Å². The summed E-state index contributed by atoms with van der Waals surface area (Å²) in [6.45, 7) is 2.78. The molecule has 0 saturated carbocycles. The van der Waals surface area contributed by atoms with E-state index in [4.69, 9.17) is 28.9 Å². The van der Waals surface area contributed by atoms with Crippen LogP contribution in [-0.2, 0) is 6.54 Å². The van der Waals surface area contributed by atoms with E-state index in [-0.39, 0.29) is 16.8 Å². The van der Waals surface area contributed by atoms with Crippen molar-refractivity contribution < 1.29 is 4.92 Å². The molecule has 94 valence electrons. The molecule has 7 heteroatoms. The molecule has 1 rings (SSSR count). The molecule has 0 radical (unpaired) electrons. The van der Waals surface area contributed by atoms with E-state index in [0.29, 0.717) is 23.7 Å². The number of hydrogen-bond acceptors (Lipinski definition) is 4. The molecule has 0 aromatic heterocycles. The van der Waals surface area contributed by atoms with Gasteiger partial charge in [-0.05, 0) is 13.0 Å². The lowest BCUT2D eigenvalue weighted by molar-refractivity contribution is -0.384. The number of nitrogens with zero attached hydrogens (tertiary/aromatic N) is 1. The van der Waals surface area contributed by atoms with Crippen LogP contribution in [0.15, 0.2) is 12.1 Å². The van der Waals surface area contributed by atoms with E-state index >= 15 is 0 Å². The van der Waals surface area contributed by atoms with E-state index in [2.05, 4.69) is 5.32 Å². The van der Waals surface area contributed by atoms with E-state index < -0.39 is 4.92 Å². The number of halogens is 2. The molecule has 0 fully saturated rings. The van der Waals surface area contributed by atoms with Crippen LogP contribution in [0.3, 0.4) is 0 Å². The Kier molecular flexibility index (Phi) is 5.14. The summed E-state index contributed by atoms with van der Waals surface area (Å²) in [6, 6.07) is 2.75. The normalized spacial score (nSPS) is 12.5. The van der Waals surface area contributed by atoms with E-state index in [1.807, 2.05) is 6.92 Å². The van der Waals surface area contributed by atoms with Gasteiger partial charge in [-0.25, -0.2) is 0 Å². The third kappa shape index (κ3) is 3.81. The van der Waals surface area contributed by atoms with E-state index in [1.54, 1.807) is 0 Å². The van der Waals surface area contributed by atoms with Gasteiger partial charge in [0.2, 0.25) is 0 Å². The molecular weight excluding hydrogens is 265 g/mol. The zero-order valence-electron chi connectivity index (χ0n) is 9.24. The van der Waals surface area contributed by atoms with Crippen LogP contribution < -0.4 is 11.1 Å². The Hall–Kier alpha value is -0.880. The van der Waals surface area contributed by atoms with Gasteiger partial charge in [-0.3, -0.25) is 10.1 Å². The van der Waals surface area contributed by atoms with Gasteiger partial charge < -0.3 is 11.1 Å². The molecule has 0 heterocycles. The number of nitrogens with two attached hydrogens (primary N) is 1. The van der Waals surface area contributed by atoms with Crippen molar-refractivity contribution in [2.45, 2.75) is 19.5 Å². The SMILES string of the molecule is CC(N)CNCc1c(Cl)ccc([N+](=O)[O-])c1Cl. The molecule has 17 heavy (non-hydrogen) atoms. The van der Waals surface area contributed by atoms with Crippen molar-refractivity contribution in [2.75, 3.05) is 6.54 Å². The van der Waals surface area contributed by atoms with Gasteiger partial charge in [-0.15, -0.1) is 0 Å². The van der Waals surface area contributed by atoms with Crippen LogP contribution in [0.1, 0.15) is 12.5 Å². The number of hydrogen-bond donors (Lipinski definition) is 2. The highest BCUT2D eigenvalue weighted by Gasteiger charge is 2.18. The number of nitro groups is 1. The second kappa shape index (κ2) is 6.16. The molecule has 0 saturated heterocycles. The Bertz CT molecular complexity index is 424. The molecule has 1 aromatic carbocycles. The number of rotatable bonds is 5. The molecule has 1 unspecified atom stereocenters. The Morgan fingerprint density at radius 2 is 2.18 bits per heavy atom. The standard InChI is InChI=1S/C10H13Cl2N3O2/c1-6(13)4-14-5-7-8(11)2-3-9(10(7)12)15(16)17/h2-3,6,14H,4-5,13H2,1H3. The summed E-state index contributed by atoms with van der Waals surface area (Å²) in [4.78, 5) is 10.2. The molecule has 0 amide bonds. The quantitative estimate of drug-likeness (QED) is 0.639. The Morgan fingerprint density at radius 1 is 1.53 bits per heavy atom. The van der Waals surface area contributed by atoms with Crippen LogP contribution in [0.4, 0.5) is 5.69 Å². The number of nitro benzene ring substituents is 1. The summed E-state index contributed by atoms with van der Waals surface area (Å²) in [6.07, 6.45) is 0. The van der Waals surface area contributed by atoms with Crippen molar-refractivity contribution in [1.82, 2.24) is 5.32 Å². The van der Waals surface area contributed by atoms with E-state index in [9.17, 15) is 10.1 Å². The average molecular weight is 278 g/mol. The van der Waals surface area contributed by atoms with Crippen LogP contribution in [0.2, 0.25) is 10.0 Å². The fraction of sp³-hybridized carbons (Fsp3) is 0.400. The molecule has 0 aliphatic rings. The maximum absolute atomic E-state index is 10.7. The smallest absolute Gasteiger partial charge is 0.288 e. The Morgan fingerprint density at radius 3 is 2.71 bits per heavy atom. The van der Waals surface area contributed by atoms with E-state index in [0.717, 1.165) is 0 Å². The van der Waals surface area contributed by atoms with Crippen molar-refractivity contribution in [3.05, 3.63) is 37.9 Å². The second-order valence-electron chi connectivity index (χ2n) is 3.72. The molecule has 0 aliphatic heterocycles. The lowest BCUT2D eigenvalue weighted by Crippen LogP contribution is -2.30. The second-order valence-corrected chi connectivity index (χ2v) is 4.51. The lowest BCUT2D eigenvalue weighted by atomic mass is 10.2. The van der Waals surface area contributed by atoms with E-state index in [1.165, 1.54) is 12.1 Å². The lowest BCUT2D eigenvalue weighted by Gasteiger charge is -2.10. The number of benzene rings is 1. The molecule has 0 bridgehead atoms. The first-order valence-electron chi connectivity index (χ1n) is 5.01. The van der Waals surface area contributed by atoms with Gasteiger partial charge in [0.1, 0.15) is 5.02 Å². The highest BCUT2D eigenvalue weighted by molar-refractivity contribution is 6.37. The molecule has 1 aromatic rings. The zero-order chi connectivity index (χ0) is 13.0. The van der Waals surface area contributed by atoms with Gasteiger partial charge in [0.25, 0.3) is 5.69 Å². The molecule has 3 N–H and O–H groups in total. The summed E-state index contributed by atoms with van der Waals surface area (Å²) < 4.78 is 0. The van der Waals surface area contributed by atoms with Gasteiger partial charge in [-0.1, -0.05) is 23.2 Å². The predicted octanol–water partition coefficient (Wildman–Crippen LogP) is 2.34. The topological polar surface area (TPSA) is 81.2 Å². The molecule has 5 nitrogen and oxygen atoms in total. The summed E-state index contributed by atoms with van der Waals surface area (Å²) >= 11 is 11.9. The highest BCUT2D eigenvalue weighted by atomic mass is 35.5. The number of nitrogens with one attached hydrogen (secondary N) is 1. The van der Waals surface area contributed by atoms with Crippen molar-refractivity contribution in [1.29, 1.82) is 0 Å². The zero-order valence-corrected chi connectivity index (χ0v) is 10.8. The van der Waals surface area contributed by atoms with Crippen LogP contribution >= 0.6 is 23.2 Å². The maximum atomic E-state index is 10.7. The third-order valence-corrected chi connectivity index (χ3v) is 2.91. The minimum atomic E-state index is -0.534. The first-order valence-corrected chi connectivity index (χ1v) is 5.76. The fourth-order valence-electron chi connectivity index (χ4n) is 1.31. The Balaban J connectivity index is 2.90. The maximum Gasteiger partial charge on any atom is 0.288 e. The summed E-state index contributed by atoms with van der Waals surface area (Å²) in [5.74, 6) is 0. The first-order chi connectivity index (χ1) is 7.93. The van der Waals surface area contributed by atoms with Gasteiger partial charge in [-0.2, -0.15) is 0 Å². The van der Waals surface area contributed by atoms with Gasteiger partial charge in [0, 0.05) is 35.8 Å². The molecular formula is C10H13Cl2N3O2. The molecule has 0 spiro atoms. The Labute approximate surface area is 109 Å². The van der Waals surface area contributed by atoms with Crippen LogP contribution in [0, 0.1) is 10.1 Å². The largest absolute Gasteiger partial charge is 0.327 e. The van der Waals surface area contributed by atoms with Gasteiger partial charge >= 0.3 is 0 Å². The van der Waals surface area contributed by atoms with Crippen LogP contribution in [0.5, 0.6) is 0 Å². The fourth-order valence-corrected chi connectivity index (χ4v) is 1.89. The van der Waals surface area contributed by atoms with Crippen molar-refractivity contribution in [3.63, 3.8) is 0 Å². The first kappa shape index (κ1) is 14.2. The monoisotopic (exact) mass is 277 g/mol. The minimum absolute atomic E-state index is 0.00810. The van der Waals surface area contributed by atoms with Crippen LogP contribution in [-0.4, -0.2) is 17.5 Å². The molecule has 1 atom stereocenters. The summed E-state index contributed by atoms with van der Waals surface area (Å²) in [7, 11) is 0. The summed E-state index contributed by atoms with van der Waals surface area (Å²) in [5.41, 5.74) is 5.95. The minimum Gasteiger partial charge on any atom is -0.327 e. The van der Waals surface area contributed by atoms with Crippen molar-refractivity contribution in [2.24, 2.45) is 5.73 Å². The van der Waals surface area contributed by atoms with Gasteiger partial charge in [0.15, 0.2) is 0 Å². The molecule has 0 aliphatic carbocycles. The van der Waals surface area contributed by atoms with Crippen LogP contribution in [0.25, 0.3) is 0 Å². The highest BCUT2D eigenvalue weighted by Crippen LogP contribution is 2.32. The van der Waals surface area contributed by atoms with Crippen molar-refractivity contribution in [3.8, 4) is 0 Å². The average Bonchev–Trinajstić information content (AvgIpc) is 2.21. The predicted molar refractivity (Wildman–Crippen MR) is 68.5 cm³/mol.